The standard InChI is InChI=1S/C40H76N2O12/c1-15-17-40(48)19-22(3)21-42(13)26(7)33(44)39(10,47)29(16-2)52-36(46)25(6)32(53-30-20-38(9,49-14)34(45)27(8)51-30)24(5)35(40)54-37-31(43)28(41(11)12)18-23(4)50-37/h15,17,22-37,43-48H,16,18-21H2,1-14H3/b17-15+/t22-,23-,24+,25-,26-,27+,28+,29?,30?,31-,32+,33-,34+,35-,36?,37+,38-,39-,40-/m1/s1. The monoisotopic (exact) mass is 777 g/mol. The molecule has 0 amide bonds. The van der Waals surface area contributed by atoms with Gasteiger partial charge in [0.25, 0.3) is 0 Å². The van der Waals surface area contributed by atoms with Gasteiger partial charge in [-0.25, -0.2) is 0 Å². The number of methoxy groups -OCH3 is 1. The molecule has 3 heterocycles. The molecular weight excluding hydrogens is 700 g/mol. The van der Waals surface area contributed by atoms with Crippen molar-refractivity contribution in [1.29, 1.82) is 0 Å². The summed E-state index contributed by atoms with van der Waals surface area (Å²) >= 11 is 0. The Bertz CT molecular complexity index is 1180. The first-order chi connectivity index (χ1) is 25.0. The Morgan fingerprint density at radius 2 is 1.52 bits per heavy atom. The van der Waals surface area contributed by atoms with Crippen LogP contribution in [0.25, 0.3) is 0 Å². The second-order valence-corrected chi connectivity index (χ2v) is 17.5. The first-order valence-electron chi connectivity index (χ1n) is 20.0. The molecule has 14 nitrogen and oxygen atoms in total. The topological polar surface area (TPSA) is 183 Å². The van der Waals surface area contributed by atoms with Crippen LogP contribution in [0.2, 0.25) is 0 Å². The Kier molecular flexibility index (Phi) is 17.0. The minimum absolute atomic E-state index is 0.152. The molecule has 0 spiro atoms. The van der Waals surface area contributed by atoms with Crippen molar-refractivity contribution in [2.75, 3.05) is 34.8 Å². The lowest BCUT2D eigenvalue weighted by atomic mass is 9.76. The summed E-state index contributed by atoms with van der Waals surface area (Å²) < 4.78 is 38.2. The molecule has 3 rings (SSSR count). The van der Waals surface area contributed by atoms with Gasteiger partial charge in [0.15, 0.2) is 18.9 Å². The van der Waals surface area contributed by atoms with E-state index in [2.05, 4.69) is 0 Å². The first kappa shape index (κ1) is 47.6. The van der Waals surface area contributed by atoms with Crippen molar-refractivity contribution in [1.82, 2.24) is 9.80 Å². The van der Waals surface area contributed by atoms with Gasteiger partial charge < -0.3 is 68.9 Å². The van der Waals surface area contributed by atoms with Gasteiger partial charge in [-0.15, -0.1) is 0 Å². The van der Waals surface area contributed by atoms with E-state index >= 15 is 0 Å². The van der Waals surface area contributed by atoms with Crippen molar-refractivity contribution in [3.05, 3.63) is 12.2 Å². The number of hydrogen-bond donors (Lipinski definition) is 6. The van der Waals surface area contributed by atoms with Gasteiger partial charge in [0.05, 0.1) is 36.1 Å². The van der Waals surface area contributed by atoms with Crippen molar-refractivity contribution in [3.8, 4) is 0 Å². The van der Waals surface area contributed by atoms with E-state index in [1.54, 1.807) is 32.9 Å². The van der Waals surface area contributed by atoms with Gasteiger partial charge in [-0.1, -0.05) is 39.8 Å². The lowest BCUT2D eigenvalue weighted by Gasteiger charge is -2.49. The van der Waals surface area contributed by atoms with Crippen molar-refractivity contribution in [3.63, 3.8) is 0 Å². The van der Waals surface area contributed by atoms with Gasteiger partial charge in [0, 0.05) is 44.0 Å². The summed E-state index contributed by atoms with van der Waals surface area (Å²) in [6, 6.07) is -0.801. The number of ether oxygens (including phenoxy) is 6. The van der Waals surface area contributed by atoms with E-state index in [1.807, 2.05) is 72.5 Å². The fraction of sp³-hybridized carbons (Fsp3) is 0.950. The maximum atomic E-state index is 12.9. The van der Waals surface area contributed by atoms with Gasteiger partial charge >= 0.3 is 0 Å². The van der Waals surface area contributed by atoms with E-state index in [0.717, 1.165) is 0 Å². The Hall–Kier alpha value is -0.820. The molecule has 54 heavy (non-hydrogen) atoms. The molecule has 0 aromatic rings. The van der Waals surface area contributed by atoms with E-state index in [4.69, 9.17) is 28.4 Å². The Morgan fingerprint density at radius 1 is 0.889 bits per heavy atom. The molecule has 3 aliphatic rings. The lowest BCUT2D eigenvalue weighted by molar-refractivity contribution is -0.324. The van der Waals surface area contributed by atoms with Gasteiger partial charge in [0.1, 0.15) is 29.5 Å². The van der Waals surface area contributed by atoms with E-state index in [9.17, 15) is 30.6 Å². The summed E-state index contributed by atoms with van der Waals surface area (Å²) in [7, 11) is 7.17. The number of aliphatic hydroxyl groups is 6. The molecule has 6 N–H and O–H groups in total. The summed E-state index contributed by atoms with van der Waals surface area (Å²) in [5.74, 6) is -1.74. The van der Waals surface area contributed by atoms with Crippen LogP contribution < -0.4 is 0 Å². The molecule has 0 aliphatic carbocycles. The van der Waals surface area contributed by atoms with Gasteiger partial charge in [0.2, 0.25) is 0 Å². The SMILES string of the molecule is C/C=C/[C@@]1(O)C[C@@H](C)CN(C)[C@H](C)[C@@H](O)[C@](C)(O)C(CC)OC(O)[C@H](C)[C@@H](OC2C[C@@](C)(OC)[C@@H](O)[C@H](C)O2)[C@H](C)[C@H]1O[C@@H]1O[C@H](C)C[C@H](N(C)C)[C@H]1O. The van der Waals surface area contributed by atoms with Crippen LogP contribution in [0.1, 0.15) is 94.9 Å². The third-order valence-corrected chi connectivity index (χ3v) is 12.6. The van der Waals surface area contributed by atoms with Gasteiger partial charge in [-0.3, -0.25) is 0 Å². The minimum Gasteiger partial charge on any atom is -0.388 e. The Morgan fingerprint density at radius 3 is 2.07 bits per heavy atom. The summed E-state index contributed by atoms with van der Waals surface area (Å²) in [5.41, 5.74) is -4.42. The molecule has 0 saturated carbocycles. The zero-order valence-electron chi connectivity index (χ0n) is 35.5. The predicted molar refractivity (Wildman–Crippen MR) is 204 cm³/mol. The Labute approximate surface area is 324 Å². The molecule has 318 valence electrons. The molecule has 3 aliphatic heterocycles. The number of likely N-dealkylation sites (N-methyl/N-ethyl adjacent to an activating group) is 2. The normalized spacial score (nSPS) is 49.9. The predicted octanol–water partition coefficient (Wildman–Crippen LogP) is 2.25. The number of aliphatic hydroxyl groups excluding tert-OH is 4. The molecule has 3 saturated heterocycles. The van der Waals surface area contributed by atoms with E-state index < -0.39 is 96.3 Å². The fourth-order valence-electron chi connectivity index (χ4n) is 9.03. The summed E-state index contributed by atoms with van der Waals surface area (Å²) in [6.07, 6.45) is -6.03. The molecular formula is C40H76N2O12. The van der Waals surface area contributed by atoms with Crippen LogP contribution in [-0.4, -0.2) is 172 Å². The second-order valence-electron chi connectivity index (χ2n) is 17.5. The highest BCUT2D eigenvalue weighted by Gasteiger charge is 2.53. The molecule has 0 radical (unpaired) electrons. The summed E-state index contributed by atoms with van der Waals surface area (Å²) in [4.78, 5) is 3.88. The van der Waals surface area contributed by atoms with Crippen LogP contribution >= 0.6 is 0 Å². The lowest BCUT2D eigenvalue weighted by Crippen LogP contribution is -2.61. The van der Waals surface area contributed by atoms with Crippen LogP contribution in [0.3, 0.4) is 0 Å². The number of nitrogens with zero attached hydrogens (tertiary/aromatic N) is 2. The zero-order chi connectivity index (χ0) is 41.1. The Balaban J connectivity index is 2.25. The average Bonchev–Trinajstić information content (AvgIpc) is 3.09. The minimum atomic E-state index is -1.75. The van der Waals surface area contributed by atoms with Crippen molar-refractivity contribution >= 4 is 0 Å². The van der Waals surface area contributed by atoms with E-state index in [-0.39, 0.29) is 37.3 Å². The highest BCUT2D eigenvalue weighted by Crippen LogP contribution is 2.41. The molecule has 0 aromatic heterocycles. The second kappa shape index (κ2) is 19.3. The van der Waals surface area contributed by atoms with E-state index in [0.29, 0.717) is 13.0 Å². The third-order valence-electron chi connectivity index (χ3n) is 12.6. The molecule has 3 fully saturated rings. The quantitative estimate of drug-likeness (QED) is 0.198. The maximum Gasteiger partial charge on any atom is 0.185 e. The molecule has 3 unspecified atom stereocenters. The largest absolute Gasteiger partial charge is 0.388 e. The highest BCUT2D eigenvalue weighted by atomic mass is 16.7. The van der Waals surface area contributed by atoms with Crippen LogP contribution in [0.5, 0.6) is 0 Å². The third kappa shape index (κ3) is 10.6. The number of rotatable bonds is 8. The smallest absolute Gasteiger partial charge is 0.185 e. The molecule has 19 atom stereocenters. The van der Waals surface area contributed by atoms with Crippen LogP contribution in [0, 0.1) is 17.8 Å². The first-order valence-corrected chi connectivity index (χ1v) is 20.0. The van der Waals surface area contributed by atoms with Gasteiger partial charge in [-0.2, -0.15) is 0 Å². The molecule has 0 bridgehead atoms. The summed E-state index contributed by atoms with van der Waals surface area (Å²) in [6.45, 7) is 18.5. The molecule has 14 heteroatoms. The fourth-order valence-corrected chi connectivity index (χ4v) is 9.03. The maximum absolute atomic E-state index is 12.9. The van der Waals surface area contributed by atoms with Crippen LogP contribution in [0.4, 0.5) is 0 Å². The number of allylic oxidation sites excluding steroid dienone is 1. The van der Waals surface area contributed by atoms with E-state index in [1.165, 1.54) is 14.0 Å². The number of hydrogen-bond acceptors (Lipinski definition) is 14. The highest BCUT2D eigenvalue weighted by molar-refractivity contribution is 5.09. The summed E-state index contributed by atoms with van der Waals surface area (Å²) in [5, 5.41) is 70.9. The van der Waals surface area contributed by atoms with Crippen LogP contribution in [0.15, 0.2) is 12.2 Å². The van der Waals surface area contributed by atoms with Crippen molar-refractivity contribution < 1.29 is 59.1 Å². The average molecular weight is 777 g/mol. The van der Waals surface area contributed by atoms with Gasteiger partial charge in [-0.05, 0) is 87.9 Å². The zero-order valence-corrected chi connectivity index (χ0v) is 35.5. The van der Waals surface area contributed by atoms with Crippen LogP contribution in [-0.2, 0) is 28.4 Å². The van der Waals surface area contributed by atoms with Crippen molar-refractivity contribution in [2.24, 2.45) is 17.8 Å². The van der Waals surface area contributed by atoms with Crippen molar-refractivity contribution in [2.45, 2.75) is 192 Å². The molecule has 0 aromatic carbocycles.